The van der Waals surface area contributed by atoms with Gasteiger partial charge in [-0.3, -0.25) is 9.59 Å². The average Bonchev–Trinajstić information content (AvgIpc) is 2.61. The van der Waals surface area contributed by atoms with Gasteiger partial charge in [0.05, 0.1) is 6.42 Å². The van der Waals surface area contributed by atoms with Crippen molar-refractivity contribution in [2.75, 3.05) is 18.9 Å². The Balaban J connectivity index is 1.62. The topological polar surface area (TPSA) is 55.4 Å². The van der Waals surface area contributed by atoms with E-state index in [-0.39, 0.29) is 18.9 Å². The summed E-state index contributed by atoms with van der Waals surface area (Å²) in [5.74, 6) is 0.0262. The summed E-state index contributed by atoms with van der Waals surface area (Å²) in [5.41, 5.74) is 3.20. The zero-order valence-corrected chi connectivity index (χ0v) is 16.5. The van der Waals surface area contributed by atoms with Gasteiger partial charge in [0.2, 0.25) is 0 Å². The monoisotopic (exact) mass is 391 g/mol. The van der Waals surface area contributed by atoms with E-state index in [1.54, 1.807) is 11.8 Å². The van der Waals surface area contributed by atoms with Crippen LogP contribution in [0.4, 0.5) is 0 Å². The quantitative estimate of drug-likeness (QED) is 0.420. The second-order valence-electron chi connectivity index (χ2n) is 5.91. The Morgan fingerprint density at radius 2 is 1.81 bits per heavy atom. The van der Waals surface area contributed by atoms with E-state index in [1.807, 2.05) is 56.3 Å². The number of rotatable bonds is 8. The summed E-state index contributed by atoms with van der Waals surface area (Å²) in [6.45, 7) is 4.27. The van der Waals surface area contributed by atoms with Crippen molar-refractivity contribution < 1.29 is 14.3 Å². The van der Waals surface area contributed by atoms with Crippen LogP contribution in [0.1, 0.15) is 16.7 Å². The number of hydrogen-bond acceptors (Lipinski definition) is 4. The molecule has 0 aliphatic heterocycles. The van der Waals surface area contributed by atoms with Crippen LogP contribution < -0.4 is 5.32 Å². The summed E-state index contributed by atoms with van der Waals surface area (Å²) in [5, 5.41) is 3.44. The molecule has 4 nitrogen and oxygen atoms in total. The van der Waals surface area contributed by atoms with Crippen molar-refractivity contribution in [1.82, 2.24) is 5.32 Å². The van der Waals surface area contributed by atoms with E-state index in [1.165, 1.54) is 5.56 Å². The molecule has 2 aromatic rings. The number of carbonyl (C=O) groups is 2. The van der Waals surface area contributed by atoms with Gasteiger partial charge in [-0.2, -0.15) is 0 Å². The molecule has 0 aliphatic carbocycles. The number of thioether (sulfide) groups is 1. The fourth-order valence-corrected chi connectivity index (χ4v) is 3.11. The Morgan fingerprint density at radius 3 is 2.50 bits per heavy atom. The molecule has 6 heteroatoms. The minimum absolute atomic E-state index is 0.167. The summed E-state index contributed by atoms with van der Waals surface area (Å²) < 4.78 is 5.03. The largest absolute Gasteiger partial charge is 0.455 e. The highest BCUT2D eigenvalue weighted by Crippen LogP contribution is 2.19. The van der Waals surface area contributed by atoms with Crippen molar-refractivity contribution in [3.8, 4) is 0 Å². The number of aryl methyl sites for hydroxylation is 2. The maximum Gasteiger partial charge on any atom is 0.310 e. The molecule has 0 aromatic heterocycles. The molecule has 0 atom stereocenters. The second kappa shape index (κ2) is 10.2. The van der Waals surface area contributed by atoms with E-state index in [2.05, 4.69) is 5.32 Å². The highest BCUT2D eigenvalue weighted by Gasteiger charge is 2.09. The Morgan fingerprint density at radius 1 is 1.08 bits per heavy atom. The fourth-order valence-electron chi connectivity index (χ4n) is 2.22. The highest BCUT2D eigenvalue weighted by molar-refractivity contribution is 7.99. The Labute approximate surface area is 163 Å². The summed E-state index contributed by atoms with van der Waals surface area (Å²) in [6.07, 6.45) is 0.167. The molecular weight excluding hydrogens is 370 g/mol. The smallest absolute Gasteiger partial charge is 0.310 e. The fraction of sp³-hybridized carbons (Fsp3) is 0.300. The average molecular weight is 392 g/mol. The number of halogens is 1. The maximum absolute atomic E-state index is 11.8. The molecule has 0 saturated carbocycles. The van der Waals surface area contributed by atoms with Gasteiger partial charge < -0.3 is 10.1 Å². The number of nitrogens with one attached hydrogen (secondary N) is 1. The first-order chi connectivity index (χ1) is 12.4. The zero-order valence-electron chi connectivity index (χ0n) is 14.9. The normalized spacial score (nSPS) is 10.4. The van der Waals surface area contributed by atoms with Crippen LogP contribution in [0, 0.1) is 13.8 Å². The number of benzene rings is 2. The first-order valence-corrected chi connectivity index (χ1v) is 9.67. The molecular formula is C20H22ClNO3S. The molecule has 0 radical (unpaired) electrons. The van der Waals surface area contributed by atoms with Gasteiger partial charge >= 0.3 is 5.97 Å². The van der Waals surface area contributed by atoms with E-state index in [4.69, 9.17) is 16.3 Å². The zero-order chi connectivity index (χ0) is 18.9. The highest BCUT2D eigenvalue weighted by atomic mass is 35.5. The van der Waals surface area contributed by atoms with E-state index in [0.29, 0.717) is 11.6 Å². The van der Waals surface area contributed by atoms with Crippen LogP contribution in [0.25, 0.3) is 0 Å². The number of hydrogen-bond donors (Lipinski definition) is 1. The van der Waals surface area contributed by atoms with Gasteiger partial charge in [0.15, 0.2) is 6.61 Å². The molecule has 0 bridgehead atoms. The lowest BCUT2D eigenvalue weighted by Gasteiger charge is -2.08. The van der Waals surface area contributed by atoms with E-state index < -0.39 is 5.97 Å². The van der Waals surface area contributed by atoms with Crippen molar-refractivity contribution in [2.45, 2.75) is 25.2 Å². The van der Waals surface area contributed by atoms with Crippen molar-refractivity contribution in [3.63, 3.8) is 0 Å². The van der Waals surface area contributed by atoms with Crippen LogP contribution in [0.5, 0.6) is 0 Å². The summed E-state index contributed by atoms with van der Waals surface area (Å²) in [6, 6.07) is 13.4. The third-order valence-corrected chi connectivity index (χ3v) is 5.06. The van der Waals surface area contributed by atoms with Crippen LogP contribution in [0.2, 0.25) is 5.02 Å². The van der Waals surface area contributed by atoms with Crippen LogP contribution >= 0.6 is 23.4 Å². The van der Waals surface area contributed by atoms with Gasteiger partial charge in [-0.25, -0.2) is 0 Å². The first kappa shape index (κ1) is 20.3. The van der Waals surface area contributed by atoms with Gasteiger partial charge in [-0.05, 0) is 54.8 Å². The van der Waals surface area contributed by atoms with Crippen molar-refractivity contribution in [2.24, 2.45) is 0 Å². The van der Waals surface area contributed by atoms with Gasteiger partial charge in [0, 0.05) is 22.2 Å². The second-order valence-corrected chi connectivity index (χ2v) is 7.51. The van der Waals surface area contributed by atoms with Crippen molar-refractivity contribution >= 4 is 35.2 Å². The van der Waals surface area contributed by atoms with E-state index in [0.717, 1.165) is 21.8 Å². The molecule has 138 valence electrons. The molecule has 2 aromatic carbocycles. The van der Waals surface area contributed by atoms with Crippen LogP contribution in [-0.4, -0.2) is 30.8 Å². The summed E-state index contributed by atoms with van der Waals surface area (Å²) >= 11 is 7.45. The van der Waals surface area contributed by atoms with Crippen LogP contribution in [-0.2, 0) is 20.7 Å². The predicted molar refractivity (Wildman–Crippen MR) is 106 cm³/mol. The van der Waals surface area contributed by atoms with Gasteiger partial charge in [0.1, 0.15) is 0 Å². The minimum Gasteiger partial charge on any atom is -0.455 e. The minimum atomic E-state index is -0.404. The maximum atomic E-state index is 11.8. The van der Waals surface area contributed by atoms with Crippen LogP contribution in [0.3, 0.4) is 0 Å². The van der Waals surface area contributed by atoms with Gasteiger partial charge in [-0.15, -0.1) is 11.8 Å². The van der Waals surface area contributed by atoms with E-state index in [9.17, 15) is 9.59 Å². The molecule has 1 amide bonds. The number of ether oxygens (including phenoxy) is 1. The lowest BCUT2D eigenvalue weighted by atomic mass is 10.0. The molecule has 2 rings (SSSR count). The third kappa shape index (κ3) is 7.10. The number of amides is 1. The van der Waals surface area contributed by atoms with Gasteiger partial charge in [0.25, 0.3) is 5.91 Å². The molecule has 0 fully saturated rings. The van der Waals surface area contributed by atoms with Crippen molar-refractivity contribution in [1.29, 1.82) is 0 Å². The Bertz CT molecular complexity index is 762. The first-order valence-electron chi connectivity index (χ1n) is 8.31. The standard InChI is InChI=1S/C20H22ClNO3S/c1-14-3-4-16(11-15(14)2)12-20(24)25-13-19(23)22-9-10-26-18-7-5-17(21)6-8-18/h3-8,11H,9-10,12-13H2,1-2H3,(H,22,23). The Kier molecular flexibility index (Phi) is 8.01. The molecule has 0 aliphatic rings. The van der Waals surface area contributed by atoms with Crippen molar-refractivity contribution in [3.05, 3.63) is 64.2 Å². The van der Waals surface area contributed by atoms with Crippen LogP contribution in [0.15, 0.2) is 47.4 Å². The molecule has 0 unspecified atom stereocenters. The van der Waals surface area contributed by atoms with E-state index >= 15 is 0 Å². The lowest BCUT2D eigenvalue weighted by Crippen LogP contribution is -2.30. The lowest BCUT2D eigenvalue weighted by molar-refractivity contribution is -0.147. The Hall–Kier alpha value is -1.98. The number of esters is 1. The summed E-state index contributed by atoms with van der Waals surface area (Å²) in [7, 11) is 0. The predicted octanol–water partition coefficient (Wildman–Crippen LogP) is 3.95. The summed E-state index contributed by atoms with van der Waals surface area (Å²) in [4.78, 5) is 24.7. The third-order valence-electron chi connectivity index (χ3n) is 3.79. The van der Waals surface area contributed by atoms with Gasteiger partial charge in [-0.1, -0.05) is 29.8 Å². The number of carbonyl (C=O) groups excluding carboxylic acids is 2. The molecule has 0 heterocycles. The SMILES string of the molecule is Cc1ccc(CC(=O)OCC(=O)NCCSc2ccc(Cl)cc2)cc1C. The molecule has 0 saturated heterocycles. The molecule has 1 N–H and O–H groups in total. The molecule has 26 heavy (non-hydrogen) atoms. The molecule has 0 spiro atoms.